The number of benzene rings is 2. The zero-order valence-corrected chi connectivity index (χ0v) is 14.7. The minimum absolute atomic E-state index is 0.146. The number of hydrogen-bond donors (Lipinski definition) is 1. The lowest BCUT2D eigenvalue weighted by Crippen LogP contribution is -2.39. The molecular weight excluding hydrogens is 326 g/mol. The summed E-state index contributed by atoms with van der Waals surface area (Å²) in [7, 11) is 0. The van der Waals surface area contributed by atoms with Crippen LogP contribution in [-0.2, 0) is 4.79 Å². The van der Waals surface area contributed by atoms with Gasteiger partial charge in [-0.05, 0) is 43.2 Å². The number of carbonyl (C=O) groups excluding carboxylic acids is 1. The van der Waals surface area contributed by atoms with E-state index in [0.29, 0.717) is 36.1 Å². The van der Waals surface area contributed by atoms with E-state index in [4.69, 9.17) is 21.1 Å². The molecule has 1 atom stereocenters. The summed E-state index contributed by atoms with van der Waals surface area (Å²) in [6.07, 6.45) is 0.0797. The van der Waals surface area contributed by atoms with Crippen LogP contribution < -0.4 is 14.8 Å². The Morgan fingerprint density at radius 2 is 1.92 bits per heavy atom. The Labute approximate surface area is 147 Å². The van der Waals surface area contributed by atoms with Gasteiger partial charge in [0.05, 0.1) is 6.54 Å². The molecule has 0 aliphatic carbocycles. The second kappa shape index (κ2) is 9.18. The summed E-state index contributed by atoms with van der Waals surface area (Å²) in [5, 5.41) is 3.49. The monoisotopic (exact) mass is 347 g/mol. The topological polar surface area (TPSA) is 47.6 Å². The smallest absolute Gasteiger partial charge is 0.261 e. The van der Waals surface area contributed by atoms with Gasteiger partial charge in [0, 0.05) is 5.02 Å². The summed E-state index contributed by atoms with van der Waals surface area (Å²) in [5.41, 5.74) is 1.00. The summed E-state index contributed by atoms with van der Waals surface area (Å²) < 4.78 is 11.3. The molecule has 0 aromatic heterocycles. The fourth-order valence-electron chi connectivity index (χ4n) is 2.11. The first-order valence-electron chi connectivity index (χ1n) is 7.98. The maximum atomic E-state index is 12.2. The van der Waals surface area contributed by atoms with Crippen LogP contribution in [-0.4, -0.2) is 25.2 Å². The standard InChI is InChI=1S/C19H22ClNO3/c1-3-18(24-15-7-5-4-6-8-15)19(22)21-11-12-23-16-10-9-14(2)17(20)13-16/h4-10,13,18H,3,11-12H2,1-2H3,(H,21,22)/t18-/m0/s1. The molecule has 24 heavy (non-hydrogen) atoms. The van der Waals surface area contributed by atoms with Crippen molar-refractivity contribution >= 4 is 17.5 Å². The number of halogens is 1. The van der Waals surface area contributed by atoms with Crippen molar-refractivity contribution in [2.75, 3.05) is 13.2 Å². The van der Waals surface area contributed by atoms with Crippen LogP contribution in [0.2, 0.25) is 5.02 Å². The van der Waals surface area contributed by atoms with Crippen molar-refractivity contribution in [2.45, 2.75) is 26.4 Å². The van der Waals surface area contributed by atoms with Gasteiger partial charge < -0.3 is 14.8 Å². The van der Waals surface area contributed by atoms with Crippen LogP contribution in [0.25, 0.3) is 0 Å². The molecular formula is C19H22ClNO3. The van der Waals surface area contributed by atoms with E-state index < -0.39 is 6.10 Å². The molecule has 1 amide bonds. The first kappa shape index (κ1) is 18.1. The third kappa shape index (κ3) is 5.46. The first-order chi connectivity index (χ1) is 11.6. The number of aryl methyl sites for hydroxylation is 1. The molecule has 0 unspecified atom stereocenters. The quantitative estimate of drug-likeness (QED) is 0.734. The molecule has 0 fully saturated rings. The van der Waals surface area contributed by atoms with Crippen molar-refractivity contribution in [3.8, 4) is 11.5 Å². The highest BCUT2D eigenvalue weighted by Crippen LogP contribution is 2.21. The van der Waals surface area contributed by atoms with Crippen LogP contribution in [0.1, 0.15) is 18.9 Å². The molecule has 2 rings (SSSR count). The highest BCUT2D eigenvalue weighted by Gasteiger charge is 2.17. The Kier molecular flexibility index (Phi) is 6.94. The van der Waals surface area contributed by atoms with Gasteiger partial charge in [0.2, 0.25) is 0 Å². The highest BCUT2D eigenvalue weighted by molar-refractivity contribution is 6.31. The second-order valence-electron chi connectivity index (χ2n) is 5.38. The van der Waals surface area contributed by atoms with E-state index in [0.717, 1.165) is 5.56 Å². The molecule has 0 saturated heterocycles. The van der Waals surface area contributed by atoms with E-state index in [1.165, 1.54) is 0 Å². The predicted molar refractivity (Wildman–Crippen MR) is 95.8 cm³/mol. The van der Waals surface area contributed by atoms with E-state index >= 15 is 0 Å². The molecule has 0 aliphatic heterocycles. The summed E-state index contributed by atoms with van der Waals surface area (Å²) in [6, 6.07) is 14.9. The SMILES string of the molecule is CC[C@H](Oc1ccccc1)C(=O)NCCOc1ccc(C)c(Cl)c1. The van der Waals surface area contributed by atoms with Gasteiger partial charge in [-0.15, -0.1) is 0 Å². The fourth-order valence-corrected chi connectivity index (χ4v) is 2.28. The molecule has 0 aliphatic rings. The van der Waals surface area contributed by atoms with Crippen molar-refractivity contribution in [1.82, 2.24) is 5.32 Å². The zero-order chi connectivity index (χ0) is 17.4. The number of hydrogen-bond acceptors (Lipinski definition) is 3. The average Bonchev–Trinajstić information content (AvgIpc) is 2.60. The van der Waals surface area contributed by atoms with Gasteiger partial charge in [-0.25, -0.2) is 0 Å². The molecule has 0 spiro atoms. The Bertz CT molecular complexity index is 661. The molecule has 5 heteroatoms. The number of nitrogens with one attached hydrogen (secondary N) is 1. The normalized spacial score (nSPS) is 11.6. The summed E-state index contributed by atoms with van der Waals surface area (Å²) in [6.45, 7) is 4.62. The number of carbonyl (C=O) groups is 1. The Morgan fingerprint density at radius 3 is 2.58 bits per heavy atom. The lowest BCUT2D eigenvalue weighted by Gasteiger charge is -2.17. The van der Waals surface area contributed by atoms with Crippen molar-refractivity contribution in [1.29, 1.82) is 0 Å². The minimum Gasteiger partial charge on any atom is -0.492 e. The van der Waals surface area contributed by atoms with Gasteiger partial charge >= 0.3 is 0 Å². The van der Waals surface area contributed by atoms with Gasteiger partial charge in [-0.3, -0.25) is 4.79 Å². The van der Waals surface area contributed by atoms with Crippen LogP contribution in [0.4, 0.5) is 0 Å². The van der Waals surface area contributed by atoms with Crippen LogP contribution in [0.5, 0.6) is 11.5 Å². The van der Waals surface area contributed by atoms with Crippen molar-refractivity contribution in [3.05, 3.63) is 59.1 Å². The second-order valence-corrected chi connectivity index (χ2v) is 5.79. The van der Waals surface area contributed by atoms with E-state index in [-0.39, 0.29) is 5.91 Å². The van der Waals surface area contributed by atoms with Gasteiger partial charge in [0.15, 0.2) is 6.10 Å². The Morgan fingerprint density at radius 1 is 1.17 bits per heavy atom. The van der Waals surface area contributed by atoms with Gasteiger partial charge in [-0.1, -0.05) is 42.8 Å². The number of para-hydroxylation sites is 1. The Hall–Kier alpha value is -2.20. The molecule has 4 nitrogen and oxygen atoms in total. The Balaban J connectivity index is 1.76. The number of amides is 1. The summed E-state index contributed by atoms with van der Waals surface area (Å²) in [5.74, 6) is 1.23. The fraction of sp³-hybridized carbons (Fsp3) is 0.316. The lowest BCUT2D eigenvalue weighted by atomic mass is 10.2. The first-order valence-corrected chi connectivity index (χ1v) is 8.36. The van der Waals surface area contributed by atoms with Gasteiger partial charge in [-0.2, -0.15) is 0 Å². The van der Waals surface area contributed by atoms with Crippen molar-refractivity contribution in [2.24, 2.45) is 0 Å². The van der Waals surface area contributed by atoms with Gasteiger partial charge in [0.25, 0.3) is 5.91 Å². The molecule has 2 aromatic carbocycles. The molecule has 128 valence electrons. The molecule has 2 aromatic rings. The van der Waals surface area contributed by atoms with Crippen LogP contribution >= 0.6 is 11.6 Å². The van der Waals surface area contributed by atoms with E-state index in [2.05, 4.69) is 5.32 Å². The average molecular weight is 348 g/mol. The van der Waals surface area contributed by atoms with E-state index in [9.17, 15) is 4.79 Å². The number of rotatable bonds is 8. The molecule has 0 radical (unpaired) electrons. The van der Waals surface area contributed by atoms with E-state index in [1.54, 1.807) is 6.07 Å². The molecule has 0 saturated carbocycles. The summed E-state index contributed by atoms with van der Waals surface area (Å²) >= 11 is 6.05. The maximum Gasteiger partial charge on any atom is 0.261 e. The third-order valence-corrected chi connectivity index (χ3v) is 3.91. The zero-order valence-electron chi connectivity index (χ0n) is 13.9. The third-order valence-electron chi connectivity index (χ3n) is 3.50. The van der Waals surface area contributed by atoms with Crippen molar-refractivity contribution < 1.29 is 14.3 Å². The van der Waals surface area contributed by atoms with Crippen LogP contribution in [0, 0.1) is 6.92 Å². The summed E-state index contributed by atoms with van der Waals surface area (Å²) in [4.78, 5) is 12.2. The van der Waals surface area contributed by atoms with Crippen LogP contribution in [0.15, 0.2) is 48.5 Å². The highest BCUT2D eigenvalue weighted by atomic mass is 35.5. The molecule has 0 bridgehead atoms. The largest absolute Gasteiger partial charge is 0.492 e. The van der Waals surface area contributed by atoms with Gasteiger partial charge in [0.1, 0.15) is 18.1 Å². The predicted octanol–water partition coefficient (Wildman–Crippen LogP) is 4.00. The molecule has 1 N–H and O–H groups in total. The van der Waals surface area contributed by atoms with E-state index in [1.807, 2.05) is 56.3 Å². The minimum atomic E-state index is -0.513. The van der Waals surface area contributed by atoms with Crippen LogP contribution in [0.3, 0.4) is 0 Å². The molecule has 0 heterocycles. The maximum absolute atomic E-state index is 12.2. The van der Waals surface area contributed by atoms with Crippen molar-refractivity contribution in [3.63, 3.8) is 0 Å². The lowest BCUT2D eigenvalue weighted by molar-refractivity contribution is -0.128. The number of ether oxygens (including phenoxy) is 2.